The van der Waals surface area contributed by atoms with Crippen LogP contribution < -0.4 is 15.2 Å². The quantitative estimate of drug-likeness (QED) is 0.662. The zero-order valence-electron chi connectivity index (χ0n) is 19.0. The van der Waals surface area contributed by atoms with Gasteiger partial charge >= 0.3 is 6.02 Å². The summed E-state index contributed by atoms with van der Waals surface area (Å²) in [7, 11) is 3.70. The van der Waals surface area contributed by atoms with E-state index in [1.165, 1.54) is 19.3 Å². The summed E-state index contributed by atoms with van der Waals surface area (Å²) in [6.45, 7) is 4.15. The Morgan fingerprint density at radius 1 is 1.19 bits per heavy atom. The van der Waals surface area contributed by atoms with Crippen molar-refractivity contribution >= 4 is 18.0 Å². The lowest BCUT2D eigenvalue weighted by Gasteiger charge is -2.32. The number of hydrazone groups is 1. The number of likely N-dealkylation sites (tertiary alicyclic amines) is 1. The lowest BCUT2D eigenvalue weighted by Crippen LogP contribution is -2.40. The lowest BCUT2D eigenvalue weighted by molar-refractivity contribution is 0.0930. The maximum absolute atomic E-state index is 6.02. The summed E-state index contributed by atoms with van der Waals surface area (Å²) in [6.07, 6.45) is 6.68. The van der Waals surface area contributed by atoms with Gasteiger partial charge in [0.1, 0.15) is 18.8 Å². The Morgan fingerprint density at radius 2 is 2.00 bits per heavy atom. The highest BCUT2D eigenvalue weighted by Gasteiger charge is 2.43. The number of hydroxylamine groups is 1. The normalized spacial score (nSPS) is 27.6. The first-order valence-corrected chi connectivity index (χ1v) is 11.7. The smallest absolute Gasteiger partial charge is 0.309 e. The SMILES string of the molecule is COCC1N=C(N2CCC(C3CC3CCOc3ccc(N4CN(C)C=N4)cc3)CC2)ON1. The van der Waals surface area contributed by atoms with Crippen LogP contribution in [0.25, 0.3) is 0 Å². The van der Waals surface area contributed by atoms with Crippen LogP contribution in [-0.2, 0) is 9.57 Å². The van der Waals surface area contributed by atoms with E-state index in [9.17, 15) is 0 Å². The number of benzene rings is 1. The highest BCUT2D eigenvalue weighted by atomic mass is 16.7. The molecule has 0 bridgehead atoms. The van der Waals surface area contributed by atoms with E-state index in [-0.39, 0.29) is 6.17 Å². The molecule has 0 amide bonds. The van der Waals surface area contributed by atoms with Gasteiger partial charge in [-0.15, -0.1) is 5.48 Å². The first kappa shape index (κ1) is 21.3. The van der Waals surface area contributed by atoms with Crippen molar-refractivity contribution in [3.05, 3.63) is 24.3 Å². The van der Waals surface area contributed by atoms with E-state index in [1.54, 1.807) is 7.11 Å². The van der Waals surface area contributed by atoms with Gasteiger partial charge in [-0.2, -0.15) is 5.10 Å². The molecular weight excluding hydrogens is 408 g/mol. The van der Waals surface area contributed by atoms with Gasteiger partial charge in [0.2, 0.25) is 0 Å². The Labute approximate surface area is 189 Å². The fourth-order valence-electron chi connectivity index (χ4n) is 5.01. The van der Waals surface area contributed by atoms with Gasteiger partial charge in [0.05, 0.1) is 18.9 Å². The standard InChI is InChI=1S/C23H34N6O3/c1-27-15-24-29(16-27)19-3-5-20(6-4-19)31-12-9-18-13-21(18)17-7-10-28(11-8-17)23-25-22(14-30-2)26-32-23/h3-6,15,17-18,21-22,26H,7-14,16H2,1-2H3. The summed E-state index contributed by atoms with van der Waals surface area (Å²) >= 11 is 0. The minimum atomic E-state index is -0.0906. The van der Waals surface area contributed by atoms with Crippen molar-refractivity contribution in [3.63, 3.8) is 0 Å². The molecule has 1 saturated carbocycles. The van der Waals surface area contributed by atoms with E-state index in [4.69, 9.17) is 14.3 Å². The molecule has 9 nitrogen and oxygen atoms in total. The van der Waals surface area contributed by atoms with Crippen molar-refractivity contribution < 1.29 is 14.3 Å². The largest absolute Gasteiger partial charge is 0.494 e. The van der Waals surface area contributed by atoms with Crippen molar-refractivity contribution in [1.82, 2.24) is 15.3 Å². The van der Waals surface area contributed by atoms with Gasteiger partial charge in [-0.05, 0) is 67.7 Å². The van der Waals surface area contributed by atoms with Gasteiger partial charge in [-0.25, -0.2) is 10.0 Å². The number of nitrogens with zero attached hydrogens (tertiary/aromatic N) is 5. The van der Waals surface area contributed by atoms with E-state index in [1.807, 2.05) is 35.4 Å². The van der Waals surface area contributed by atoms with Gasteiger partial charge in [-0.3, -0.25) is 0 Å². The third-order valence-corrected chi connectivity index (χ3v) is 6.91. The number of aliphatic imine (C=N–C) groups is 1. The predicted molar refractivity (Wildman–Crippen MR) is 123 cm³/mol. The van der Waals surface area contributed by atoms with Crippen LogP contribution in [0.4, 0.5) is 5.69 Å². The van der Waals surface area contributed by atoms with E-state index in [2.05, 4.69) is 32.6 Å². The number of ether oxygens (including phenoxy) is 2. The van der Waals surface area contributed by atoms with E-state index >= 15 is 0 Å². The molecule has 174 valence electrons. The number of rotatable bonds is 8. The average molecular weight is 443 g/mol. The van der Waals surface area contributed by atoms with E-state index < -0.39 is 0 Å². The van der Waals surface area contributed by atoms with Crippen LogP contribution in [-0.4, -0.2) is 75.5 Å². The highest BCUT2D eigenvalue weighted by molar-refractivity contribution is 5.75. The van der Waals surface area contributed by atoms with Gasteiger partial charge in [0.25, 0.3) is 0 Å². The fourth-order valence-corrected chi connectivity index (χ4v) is 5.01. The van der Waals surface area contributed by atoms with Crippen LogP contribution in [0.1, 0.15) is 25.7 Å². The second kappa shape index (κ2) is 9.54. The second-order valence-electron chi connectivity index (χ2n) is 9.25. The van der Waals surface area contributed by atoms with Gasteiger partial charge < -0.3 is 24.1 Å². The average Bonchev–Trinajstić information content (AvgIpc) is 3.20. The molecule has 1 aliphatic carbocycles. The molecule has 2 fully saturated rings. The summed E-state index contributed by atoms with van der Waals surface area (Å²) in [5.74, 6) is 3.43. The first-order valence-electron chi connectivity index (χ1n) is 11.7. The topological polar surface area (TPSA) is 74.2 Å². The van der Waals surface area contributed by atoms with Crippen LogP contribution >= 0.6 is 0 Å². The number of amidine groups is 1. The van der Waals surface area contributed by atoms with Crippen molar-refractivity contribution in [2.45, 2.75) is 31.8 Å². The third kappa shape index (κ3) is 4.94. The van der Waals surface area contributed by atoms with E-state index in [0.29, 0.717) is 6.61 Å². The van der Waals surface area contributed by atoms with Gasteiger partial charge in [0, 0.05) is 27.2 Å². The van der Waals surface area contributed by atoms with Crippen LogP contribution in [0.15, 0.2) is 34.4 Å². The second-order valence-corrected chi connectivity index (χ2v) is 9.25. The Kier molecular flexibility index (Phi) is 6.36. The number of hydrogen-bond donors (Lipinski definition) is 1. The number of nitrogens with one attached hydrogen (secondary N) is 1. The molecule has 0 radical (unpaired) electrons. The molecule has 3 aliphatic heterocycles. The molecule has 1 aromatic carbocycles. The molecule has 32 heavy (non-hydrogen) atoms. The van der Waals surface area contributed by atoms with Crippen LogP contribution in [0.2, 0.25) is 0 Å². The minimum absolute atomic E-state index is 0.0906. The van der Waals surface area contributed by atoms with Crippen molar-refractivity contribution in [1.29, 1.82) is 0 Å². The summed E-state index contributed by atoms with van der Waals surface area (Å²) in [4.78, 5) is 14.4. The number of piperidine rings is 1. The first-order chi connectivity index (χ1) is 15.7. The van der Waals surface area contributed by atoms with Crippen molar-refractivity contribution in [2.24, 2.45) is 27.8 Å². The molecule has 4 aliphatic rings. The number of anilines is 1. The fraction of sp³-hybridized carbons (Fsp3) is 0.652. The molecule has 3 atom stereocenters. The zero-order chi connectivity index (χ0) is 21.9. The molecule has 0 aromatic heterocycles. The van der Waals surface area contributed by atoms with Crippen molar-refractivity contribution in [2.75, 3.05) is 52.1 Å². The molecule has 3 unspecified atom stereocenters. The third-order valence-electron chi connectivity index (χ3n) is 6.91. The number of methoxy groups -OCH3 is 1. The Hall–Kier alpha value is -2.52. The Bertz CT molecular complexity index is 824. The van der Waals surface area contributed by atoms with Crippen LogP contribution in [0, 0.1) is 17.8 Å². The zero-order valence-corrected chi connectivity index (χ0v) is 19.0. The molecule has 0 spiro atoms. The Morgan fingerprint density at radius 3 is 2.72 bits per heavy atom. The van der Waals surface area contributed by atoms with Gasteiger partial charge in [0.15, 0.2) is 6.17 Å². The molecule has 1 N–H and O–H groups in total. The Balaban J connectivity index is 0.998. The minimum Gasteiger partial charge on any atom is -0.494 e. The van der Waals surface area contributed by atoms with Crippen LogP contribution in [0.3, 0.4) is 0 Å². The molecule has 9 heteroatoms. The molecule has 1 aromatic rings. The maximum atomic E-state index is 6.02. The van der Waals surface area contributed by atoms with E-state index in [0.717, 1.165) is 68.0 Å². The molecule has 1 saturated heterocycles. The lowest BCUT2D eigenvalue weighted by atomic mass is 9.90. The molecule has 5 rings (SSSR count). The molecular formula is C23H34N6O3. The summed E-state index contributed by atoms with van der Waals surface area (Å²) < 4.78 is 11.2. The van der Waals surface area contributed by atoms with Crippen LogP contribution in [0.5, 0.6) is 5.75 Å². The highest BCUT2D eigenvalue weighted by Crippen LogP contribution is 2.49. The maximum Gasteiger partial charge on any atom is 0.309 e. The molecule has 3 heterocycles. The summed E-state index contributed by atoms with van der Waals surface area (Å²) in [5.41, 5.74) is 4.01. The summed E-state index contributed by atoms with van der Waals surface area (Å²) in [6, 6.07) is 8.96. The predicted octanol–water partition coefficient (Wildman–Crippen LogP) is 2.32. The monoisotopic (exact) mass is 442 g/mol. The summed E-state index contributed by atoms with van der Waals surface area (Å²) in [5, 5.41) is 6.35. The van der Waals surface area contributed by atoms with Gasteiger partial charge in [-0.1, -0.05) is 0 Å². The number of hydrogen-bond acceptors (Lipinski definition) is 9. The van der Waals surface area contributed by atoms with Crippen molar-refractivity contribution in [3.8, 4) is 5.75 Å².